The molecule has 1 rings (SSSR count). The Bertz CT molecular complexity index is 355. The largest absolute Gasteiger partial charge is 0.481 e. The van der Waals surface area contributed by atoms with Gasteiger partial charge in [0.15, 0.2) is 0 Å². The fourth-order valence-electron chi connectivity index (χ4n) is 1.24. The highest BCUT2D eigenvalue weighted by molar-refractivity contribution is 5.75. The Kier molecular flexibility index (Phi) is 4.72. The summed E-state index contributed by atoms with van der Waals surface area (Å²) in [7, 11) is 1.54. The van der Waals surface area contributed by atoms with E-state index in [-0.39, 0.29) is 0 Å². The minimum Gasteiger partial charge on any atom is -0.481 e. The molecule has 0 aromatic carbocycles. The molecule has 5 nitrogen and oxygen atoms in total. The molecule has 0 radical (unpaired) electrons. The zero-order valence-corrected chi connectivity index (χ0v) is 9.47. The van der Waals surface area contributed by atoms with Crippen LogP contribution in [0.5, 0.6) is 5.88 Å². The molecule has 1 aromatic heterocycles. The predicted molar refractivity (Wildman–Crippen MR) is 59.1 cm³/mol. The predicted octanol–water partition coefficient (Wildman–Crippen LogP) is 0.523. The number of nitrogens with zero attached hydrogens (tertiary/aromatic N) is 1. The van der Waals surface area contributed by atoms with Crippen LogP contribution in [0.15, 0.2) is 18.2 Å². The van der Waals surface area contributed by atoms with Crippen LogP contribution < -0.4 is 10.5 Å². The number of ether oxygens (including phenoxy) is 2. The van der Waals surface area contributed by atoms with Gasteiger partial charge in [-0.1, -0.05) is 6.07 Å². The summed E-state index contributed by atoms with van der Waals surface area (Å²) in [5.41, 5.74) is 6.38. The summed E-state index contributed by atoms with van der Waals surface area (Å²) in [6.07, 6.45) is 0.343. The van der Waals surface area contributed by atoms with Gasteiger partial charge in [-0.2, -0.15) is 0 Å². The SMILES string of the molecule is CCOC(=O)[C@@H](N)Cc1cccc(OC)n1. The van der Waals surface area contributed by atoms with Crippen LogP contribution in [0.1, 0.15) is 12.6 Å². The summed E-state index contributed by atoms with van der Waals surface area (Å²) >= 11 is 0. The van der Waals surface area contributed by atoms with Crippen LogP contribution in [0, 0.1) is 0 Å². The van der Waals surface area contributed by atoms with Gasteiger partial charge >= 0.3 is 5.97 Å². The van der Waals surface area contributed by atoms with Crippen LogP contribution in [0.2, 0.25) is 0 Å². The van der Waals surface area contributed by atoms with Gasteiger partial charge in [0, 0.05) is 18.2 Å². The van der Waals surface area contributed by atoms with E-state index in [9.17, 15) is 4.79 Å². The lowest BCUT2D eigenvalue weighted by Gasteiger charge is -2.10. The molecule has 1 aromatic rings. The Labute approximate surface area is 94.6 Å². The Morgan fingerprint density at radius 2 is 2.31 bits per heavy atom. The molecule has 0 aliphatic heterocycles. The number of rotatable bonds is 5. The van der Waals surface area contributed by atoms with Crippen molar-refractivity contribution in [2.24, 2.45) is 5.73 Å². The number of carbonyl (C=O) groups is 1. The molecule has 0 aliphatic rings. The number of hydrogen-bond acceptors (Lipinski definition) is 5. The lowest BCUT2D eigenvalue weighted by molar-refractivity contribution is -0.144. The summed E-state index contributed by atoms with van der Waals surface area (Å²) in [4.78, 5) is 15.5. The number of pyridine rings is 1. The highest BCUT2D eigenvalue weighted by Crippen LogP contribution is 2.08. The Hall–Kier alpha value is -1.62. The minimum atomic E-state index is -0.681. The maximum atomic E-state index is 11.3. The molecule has 0 spiro atoms. The van der Waals surface area contributed by atoms with Crippen LogP contribution in [0.3, 0.4) is 0 Å². The van der Waals surface area contributed by atoms with Gasteiger partial charge in [-0.25, -0.2) is 4.98 Å². The Morgan fingerprint density at radius 1 is 1.56 bits per heavy atom. The molecular formula is C11H16N2O3. The Morgan fingerprint density at radius 3 is 2.94 bits per heavy atom. The van der Waals surface area contributed by atoms with Crippen LogP contribution in [0.4, 0.5) is 0 Å². The molecule has 2 N–H and O–H groups in total. The van der Waals surface area contributed by atoms with Gasteiger partial charge in [0.25, 0.3) is 0 Å². The maximum Gasteiger partial charge on any atom is 0.323 e. The smallest absolute Gasteiger partial charge is 0.323 e. The molecule has 16 heavy (non-hydrogen) atoms. The van der Waals surface area contributed by atoms with Gasteiger partial charge in [-0.05, 0) is 13.0 Å². The monoisotopic (exact) mass is 224 g/mol. The van der Waals surface area contributed by atoms with E-state index in [2.05, 4.69) is 4.98 Å². The summed E-state index contributed by atoms with van der Waals surface area (Å²) in [6.45, 7) is 2.08. The van der Waals surface area contributed by atoms with Crippen molar-refractivity contribution >= 4 is 5.97 Å². The standard InChI is InChI=1S/C11H16N2O3/c1-3-16-11(14)9(12)7-8-5-4-6-10(13-8)15-2/h4-6,9H,3,7,12H2,1-2H3/t9-/m0/s1. The molecule has 0 aliphatic carbocycles. The summed E-state index contributed by atoms with van der Waals surface area (Å²) in [6, 6.07) is 4.65. The molecule has 0 bridgehead atoms. The molecule has 0 unspecified atom stereocenters. The lowest BCUT2D eigenvalue weighted by atomic mass is 10.1. The van der Waals surface area contributed by atoms with Crippen LogP contribution in [-0.4, -0.2) is 30.7 Å². The highest BCUT2D eigenvalue weighted by atomic mass is 16.5. The van der Waals surface area contributed by atoms with Crippen molar-refractivity contribution in [2.75, 3.05) is 13.7 Å². The first kappa shape index (κ1) is 12.4. The summed E-state index contributed by atoms with van der Waals surface area (Å²) in [5.74, 6) is 0.0979. The molecule has 0 fully saturated rings. The average molecular weight is 224 g/mol. The van der Waals surface area contributed by atoms with Gasteiger partial charge < -0.3 is 15.2 Å². The van der Waals surface area contributed by atoms with Crippen LogP contribution in [0.25, 0.3) is 0 Å². The minimum absolute atomic E-state index is 0.331. The second-order valence-electron chi connectivity index (χ2n) is 3.23. The van der Waals surface area contributed by atoms with E-state index in [0.29, 0.717) is 24.6 Å². The molecular weight excluding hydrogens is 208 g/mol. The van der Waals surface area contributed by atoms with Gasteiger partial charge in [0.2, 0.25) is 5.88 Å². The van der Waals surface area contributed by atoms with E-state index in [1.807, 2.05) is 0 Å². The number of hydrogen-bond donors (Lipinski definition) is 1. The quantitative estimate of drug-likeness (QED) is 0.738. The third kappa shape index (κ3) is 3.51. The lowest BCUT2D eigenvalue weighted by Crippen LogP contribution is -2.34. The third-order valence-electron chi connectivity index (χ3n) is 2.01. The zero-order chi connectivity index (χ0) is 12.0. The van der Waals surface area contributed by atoms with Crippen LogP contribution >= 0.6 is 0 Å². The number of aromatic nitrogens is 1. The fraction of sp³-hybridized carbons (Fsp3) is 0.455. The molecule has 0 amide bonds. The van der Waals surface area contributed by atoms with E-state index in [0.717, 1.165) is 0 Å². The number of methoxy groups -OCH3 is 1. The van der Waals surface area contributed by atoms with E-state index < -0.39 is 12.0 Å². The topological polar surface area (TPSA) is 74.4 Å². The first-order valence-corrected chi connectivity index (χ1v) is 5.09. The average Bonchev–Trinajstić information content (AvgIpc) is 2.29. The molecule has 5 heteroatoms. The molecule has 0 saturated heterocycles. The number of esters is 1. The van der Waals surface area contributed by atoms with Gasteiger partial charge in [-0.15, -0.1) is 0 Å². The third-order valence-corrected chi connectivity index (χ3v) is 2.01. The van der Waals surface area contributed by atoms with Crippen molar-refractivity contribution < 1.29 is 14.3 Å². The first-order chi connectivity index (χ1) is 7.67. The summed E-state index contributed by atoms with van der Waals surface area (Å²) < 4.78 is 9.79. The van der Waals surface area contributed by atoms with Crippen molar-refractivity contribution in [3.63, 3.8) is 0 Å². The van der Waals surface area contributed by atoms with Gasteiger partial charge in [0.05, 0.1) is 13.7 Å². The highest BCUT2D eigenvalue weighted by Gasteiger charge is 2.15. The summed E-state index contributed by atoms with van der Waals surface area (Å²) in [5, 5.41) is 0. The second kappa shape index (κ2) is 6.07. The Balaban J connectivity index is 2.61. The van der Waals surface area contributed by atoms with E-state index in [1.54, 1.807) is 25.1 Å². The number of nitrogens with two attached hydrogens (primary N) is 1. The van der Waals surface area contributed by atoms with Crippen molar-refractivity contribution in [1.82, 2.24) is 4.98 Å². The van der Waals surface area contributed by atoms with Gasteiger partial charge in [-0.3, -0.25) is 4.79 Å². The van der Waals surface area contributed by atoms with E-state index in [1.165, 1.54) is 7.11 Å². The van der Waals surface area contributed by atoms with E-state index in [4.69, 9.17) is 15.2 Å². The molecule has 1 heterocycles. The van der Waals surface area contributed by atoms with Crippen molar-refractivity contribution in [1.29, 1.82) is 0 Å². The van der Waals surface area contributed by atoms with Crippen molar-refractivity contribution in [2.45, 2.75) is 19.4 Å². The first-order valence-electron chi connectivity index (χ1n) is 5.09. The van der Waals surface area contributed by atoms with E-state index >= 15 is 0 Å². The van der Waals surface area contributed by atoms with Crippen molar-refractivity contribution in [3.8, 4) is 5.88 Å². The second-order valence-corrected chi connectivity index (χ2v) is 3.23. The maximum absolute atomic E-state index is 11.3. The molecule has 88 valence electrons. The normalized spacial score (nSPS) is 11.9. The van der Waals surface area contributed by atoms with Gasteiger partial charge in [0.1, 0.15) is 6.04 Å². The van der Waals surface area contributed by atoms with Crippen LogP contribution in [-0.2, 0) is 16.0 Å². The zero-order valence-electron chi connectivity index (χ0n) is 9.47. The van der Waals surface area contributed by atoms with Crippen molar-refractivity contribution in [3.05, 3.63) is 23.9 Å². The fourth-order valence-corrected chi connectivity index (χ4v) is 1.24. The molecule has 1 atom stereocenters. The number of carbonyl (C=O) groups excluding carboxylic acids is 1. The molecule has 0 saturated carbocycles.